The number of carbonyl (C=O) groups is 1. The van der Waals surface area contributed by atoms with E-state index in [-0.39, 0.29) is 18.0 Å². The van der Waals surface area contributed by atoms with Crippen LogP contribution < -0.4 is 0 Å². The fourth-order valence-corrected chi connectivity index (χ4v) is 1.79. The number of rotatable bonds is 7. The molecule has 2 atom stereocenters. The smallest absolute Gasteiger partial charge is 0.312 e. The van der Waals surface area contributed by atoms with Gasteiger partial charge in [0.25, 0.3) is 0 Å². The zero-order chi connectivity index (χ0) is 12.0. The van der Waals surface area contributed by atoms with Crippen LogP contribution in [0.25, 0.3) is 0 Å². The summed E-state index contributed by atoms with van der Waals surface area (Å²) in [6.07, 6.45) is 5.22. The molecule has 1 aliphatic rings. The first-order valence-electron chi connectivity index (χ1n) is 6.12. The second-order valence-corrected chi connectivity index (χ2v) is 4.31. The monoisotopic (exact) mass is 226 g/mol. The maximum atomic E-state index is 11.7. The normalized spacial score (nSPS) is 21.7. The first-order valence-corrected chi connectivity index (χ1v) is 6.12. The Morgan fingerprint density at radius 2 is 2.25 bits per heavy atom. The van der Waals surface area contributed by atoms with Crippen molar-refractivity contribution in [2.75, 3.05) is 13.2 Å². The molecule has 16 heavy (non-hydrogen) atoms. The SMILES string of the molecule is CCCC(C)=CC(CC1CO1)C(=O)OCC. The molecule has 92 valence electrons. The molecule has 1 aliphatic heterocycles. The van der Waals surface area contributed by atoms with Crippen molar-refractivity contribution >= 4 is 5.97 Å². The third-order valence-corrected chi connectivity index (χ3v) is 2.64. The summed E-state index contributed by atoms with van der Waals surface area (Å²) in [5, 5.41) is 0. The minimum atomic E-state index is -0.126. The molecule has 2 unspecified atom stereocenters. The van der Waals surface area contributed by atoms with E-state index in [4.69, 9.17) is 9.47 Å². The molecule has 0 aromatic carbocycles. The fraction of sp³-hybridized carbons (Fsp3) is 0.769. The summed E-state index contributed by atoms with van der Waals surface area (Å²) in [4.78, 5) is 11.7. The first-order chi connectivity index (χ1) is 7.67. The van der Waals surface area contributed by atoms with E-state index in [2.05, 4.69) is 13.8 Å². The van der Waals surface area contributed by atoms with Crippen molar-refractivity contribution in [1.82, 2.24) is 0 Å². The Kier molecular flexibility index (Phi) is 5.53. The van der Waals surface area contributed by atoms with E-state index in [9.17, 15) is 4.79 Å². The lowest BCUT2D eigenvalue weighted by Crippen LogP contribution is -2.18. The van der Waals surface area contributed by atoms with Gasteiger partial charge >= 0.3 is 5.97 Å². The highest BCUT2D eigenvalue weighted by Gasteiger charge is 2.29. The quantitative estimate of drug-likeness (QED) is 0.380. The molecule has 0 amide bonds. The van der Waals surface area contributed by atoms with Crippen molar-refractivity contribution in [3.63, 3.8) is 0 Å². The molecule has 3 heteroatoms. The standard InChI is InChI=1S/C13H22O3/c1-4-6-10(3)7-11(8-12-9-16-12)13(14)15-5-2/h7,11-12H,4-6,8-9H2,1-3H3. The Morgan fingerprint density at radius 1 is 1.56 bits per heavy atom. The topological polar surface area (TPSA) is 38.8 Å². The molecule has 0 bridgehead atoms. The van der Waals surface area contributed by atoms with Crippen LogP contribution in [0.15, 0.2) is 11.6 Å². The maximum absolute atomic E-state index is 11.7. The van der Waals surface area contributed by atoms with Gasteiger partial charge in [0.1, 0.15) is 0 Å². The van der Waals surface area contributed by atoms with Gasteiger partial charge in [0.05, 0.1) is 25.2 Å². The van der Waals surface area contributed by atoms with Crippen LogP contribution in [-0.2, 0) is 14.3 Å². The van der Waals surface area contributed by atoms with Crippen molar-refractivity contribution in [2.24, 2.45) is 5.92 Å². The molecule has 0 saturated carbocycles. The van der Waals surface area contributed by atoms with Gasteiger partial charge in [0, 0.05) is 0 Å². The molecule has 1 heterocycles. The molecule has 1 saturated heterocycles. The fourth-order valence-electron chi connectivity index (χ4n) is 1.79. The van der Waals surface area contributed by atoms with Crippen LogP contribution in [0.1, 0.15) is 40.0 Å². The van der Waals surface area contributed by atoms with Crippen molar-refractivity contribution in [2.45, 2.75) is 46.1 Å². The van der Waals surface area contributed by atoms with Gasteiger partial charge in [0.2, 0.25) is 0 Å². The zero-order valence-electron chi connectivity index (χ0n) is 10.5. The highest BCUT2D eigenvalue weighted by atomic mass is 16.6. The van der Waals surface area contributed by atoms with Crippen LogP contribution in [-0.4, -0.2) is 25.3 Å². The van der Waals surface area contributed by atoms with Crippen LogP contribution in [0.4, 0.5) is 0 Å². The minimum Gasteiger partial charge on any atom is -0.466 e. The van der Waals surface area contributed by atoms with Gasteiger partial charge in [0.15, 0.2) is 0 Å². The Balaban J connectivity index is 2.54. The number of carbonyl (C=O) groups excluding carboxylic acids is 1. The molecular formula is C13H22O3. The molecule has 0 radical (unpaired) electrons. The summed E-state index contributed by atoms with van der Waals surface area (Å²) in [6.45, 7) is 7.29. The van der Waals surface area contributed by atoms with Crippen molar-refractivity contribution < 1.29 is 14.3 Å². The highest BCUT2D eigenvalue weighted by Crippen LogP contribution is 2.23. The lowest BCUT2D eigenvalue weighted by atomic mass is 9.99. The Hall–Kier alpha value is -0.830. The van der Waals surface area contributed by atoms with Crippen molar-refractivity contribution in [3.8, 4) is 0 Å². The summed E-state index contributed by atoms with van der Waals surface area (Å²) in [7, 11) is 0. The van der Waals surface area contributed by atoms with E-state index < -0.39 is 0 Å². The number of esters is 1. The van der Waals surface area contributed by atoms with Gasteiger partial charge in [-0.25, -0.2) is 0 Å². The Labute approximate surface area is 97.8 Å². The summed E-state index contributed by atoms with van der Waals surface area (Å²) < 4.78 is 10.2. The molecule has 1 rings (SSSR count). The Bertz CT molecular complexity index is 254. The molecule has 0 spiro atoms. The van der Waals surface area contributed by atoms with Gasteiger partial charge in [-0.2, -0.15) is 0 Å². The van der Waals surface area contributed by atoms with Gasteiger partial charge in [-0.15, -0.1) is 0 Å². The number of hydrogen-bond acceptors (Lipinski definition) is 3. The molecule has 0 N–H and O–H groups in total. The van der Waals surface area contributed by atoms with E-state index in [1.54, 1.807) is 0 Å². The van der Waals surface area contributed by atoms with Crippen molar-refractivity contribution in [3.05, 3.63) is 11.6 Å². The third-order valence-electron chi connectivity index (χ3n) is 2.64. The summed E-state index contributed by atoms with van der Waals surface area (Å²) >= 11 is 0. The van der Waals surface area contributed by atoms with Crippen LogP contribution >= 0.6 is 0 Å². The second kappa shape index (κ2) is 6.69. The third kappa shape index (κ3) is 4.79. The lowest BCUT2D eigenvalue weighted by molar-refractivity contribution is -0.146. The largest absolute Gasteiger partial charge is 0.466 e. The average molecular weight is 226 g/mol. The molecule has 3 nitrogen and oxygen atoms in total. The minimum absolute atomic E-state index is 0.117. The van der Waals surface area contributed by atoms with Crippen molar-refractivity contribution in [1.29, 1.82) is 0 Å². The van der Waals surface area contributed by atoms with Crippen LogP contribution in [0, 0.1) is 5.92 Å². The van der Waals surface area contributed by atoms with E-state index in [0.717, 1.165) is 25.9 Å². The first kappa shape index (κ1) is 13.2. The van der Waals surface area contributed by atoms with Crippen LogP contribution in [0.5, 0.6) is 0 Å². The predicted molar refractivity (Wildman–Crippen MR) is 63.1 cm³/mol. The van der Waals surface area contributed by atoms with E-state index >= 15 is 0 Å². The summed E-state index contributed by atoms with van der Waals surface area (Å²) in [6, 6.07) is 0. The van der Waals surface area contributed by atoms with E-state index in [1.807, 2.05) is 13.0 Å². The van der Waals surface area contributed by atoms with Crippen LogP contribution in [0.2, 0.25) is 0 Å². The van der Waals surface area contributed by atoms with Gasteiger partial charge < -0.3 is 9.47 Å². The Morgan fingerprint density at radius 3 is 2.75 bits per heavy atom. The highest BCUT2D eigenvalue weighted by molar-refractivity contribution is 5.74. The zero-order valence-corrected chi connectivity index (χ0v) is 10.5. The predicted octanol–water partition coefficient (Wildman–Crippen LogP) is 2.70. The van der Waals surface area contributed by atoms with Gasteiger partial charge in [-0.3, -0.25) is 4.79 Å². The number of ether oxygens (including phenoxy) is 2. The number of hydrogen-bond donors (Lipinski definition) is 0. The van der Waals surface area contributed by atoms with Gasteiger partial charge in [-0.05, 0) is 26.7 Å². The molecular weight excluding hydrogens is 204 g/mol. The molecule has 0 aromatic rings. The lowest BCUT2D eigenvalue weighted by Gasteiger charge is -2.11. The summed E-state index contributed by atoms with van der Waals surface area (Å²) in [5.41, 5.74) is 1.27. The number of epoxide rings is 1. The number of allylic oxidation sites excluding steroid dienone is 1. The van der Waals surface area contributed by atoms with Crippen LogP contribution in [0.3, 0.4) is 0 Å². The maximum Gasteiger partial charge on any atom is 0.312 e. The molecule has 1 fully saturated rings. The average Bonchev–Trinajstić information content (AvgIpc) is 3.01. The second-order valence-electron chi connectivity index (χ2n) is 4.31. The molecule has 0 aromatic heterocycles. The van der Waals surface area contributed by atoms with E-state index in [1.165, 1.54) is 5.57 Å². The molecule has 0 aliphatic carbocycles. The summed E-state index contributed by atoms with van der Waals surface area (Å²) in [5.74, 6) is -0.243. The van der Waals surface area contributed by atoms with Gasteiger partial charge in [-0.1, -0.05) is 25.0 Å². The van der Waals surface area contributed by atoms with E-state index in [0.29, 0.717) is 6.61 Å².